The van der Waals surface area contributed by atoms with E-state index in [9.17, 15) is 0 Å². The molecule has 0 saturated heterocycles. The maximum absolute atomic E-state index is 2.39. The van der Waals surface area contributed by atoms with Gasteiger partial charge < -0.3 is 0 Å². The first-order valence-electron chi connectivity index (χ1n) is 8.14. The summed E-state index contributed by atoms with van der Waals surface area (Å²) >= 11 is 0. The van der Waals surface area contributed by atoms with Crippen LogP contribution in [0.15, 0.2) is 0 Å². The van der Waals surface area contributed by atoms with Crippen LogP contribution < -0.4 is 0 Å². The van der Waals surface area contributed by atoms with E-state index in [2.05, 4.69) is 41.5 Å². The number of rotatable bonds is 0. The van der Waals surface area contributed by atoms with Gasteiger partial charge in [-0.05, 0) is 60.2 Å². The Kier molecular flexibility index (Phi) is 4.62. The van der Waals surface area contributed by atoms with Crippen molar-refractivity contribution in [2.45, 2.75) is 87.5 Å². The van der Waals surface area contributed by atoms with Crippen molar-refractivity contribution < 1.29 is 0 Å². The van der Waals surface area contributed by atoms with Crippen LogP contribution in [0.5, 0.6) is 0 Å². The topological polar surface area (TPSA) is 0 Å². The summed E-state index contributed by atoms with van der Waals surface area (Å²) in [6, 6.07) is 0. The molecule has 0 aromatic heterocycles. The van der Waals surface area contributed by atoms with Crippen LogP contribution in [0.4, 0.5) is 0 Å². The lowest BCUT2D eigenvalue weighted by molar-refractivity contribution is -0.181. The molecule has 0 unspecified atom stereocenters. The van der Waals surface area contributed by atoms with Crippen LogP contribution in [-0.2, 0) is 0 Å². The Morgan fingerprint density at radius 2 is 1.17 bits per heavy atom. The lowest BCUT2D eigenvalue weighted by Gasteiger charge is -2.68. The Balaban J connectivity index is 0.000000163. The summed E-state index contributed by atoms with van der Waals surface area (Å²) in [7, 11) is 0. The first-order valence-corrected chi connectivity index (χ1v) is 8.14. The molecule has 0 heterocycles. The molecule has 4 fully saturated rings. The largest absolute Gasteiger partial charge is 0.0683 e. The van der Waals surface area contributed by atoms with E-state index in [1.807, 2.05) is 13.8 Å². The first kappa shape index (κ1) is 16.1. The monoisotopic (exact) mass is 252 g/mol. The van der Waals surface area contributed by atoms with Crippen LogP contribution in [0.25, 0.3) is 0 Å². The van der Waals surface area contributed by atoms with E-state index in [0.29, 0.717) is 10.8 Å². The molecule has 0 nitrogen and oxygen atoms in total. The highest BCUT2D eigenvalue weighted by Crippen LogP contribution is 2.71. The summed E-state index contributed by atoms with van der Waals surface area (Å²) in [5, 5.41) is 0. The Labute approximate surface area is 116 Å². The maximum atomic E-state index is 2.39. The van der Waals surface area contributed by atoms with Crippen LogP contribution in [0.2, 0.25) is 0 Å². The Bertz CT molecular complexity index is 240. The predicted molar refractivity (Wildman–Crippen MR) is 82.8 cm³/mol. The van der Waals surface area contributed by atoms with Crippen molar-refractivity contribution in [2.24, 2.45) is 28.1 Å². The van der Waals surface area contributed by atoms with E-state index in [0.717, 1.165) is 17.3 Å². The fourth-order valence-corrected chi connectivity index (χ4v) is 3.35. The van der Waals surface area contributed by atoms with Gasteiger partial charge in [0.1, 0.15) is 0 Å². The van der Waals surface area contributed by atoms with Gasteiger partial charge in [-0.15, -0.1) is 0 Å². The molecule has 0 heteroatoms. The van der Waals surface area contributed by atoms with Gasteiger partial charge in [-0.2, -0.15) is 0 Å². The zero-order valence-corrected chi connectivity index (χ0v) is 14.2. The van der Waals surface area contributed by atoms with Gasteiger partial charge in [0.05, 0.1) is 0 Å². The smallest absolute Gasteiger partial charge is 0.0241 e. The van der Waals surface area contributed by atoms with Crippen molar-refractivity contribution >= 4 is 0 Å². The fourth-order valence-electron chi connectivity index (χ4n) is 3.35. The Morgan fingerprint density at radius 3 is 1.17 bits per heavy atom. The molecule has 0 atom stereocenters. The van der Waals surface area contributed by atoms with Crippen LogP contribution in [0, 0.1) is 28.1 Å². The zero-order valence-electron chi connectivity index (χ0n) is 14.2. The zero-order chi connectivity index (χ0) is 14.2. The molecular weight excluding hydrogens is 216 g/mol. The molecule has 0 aliphatic heterocycles. The van der Waals surface area contributed by atoms with Crippen molar-refractivity contribution in [3.8, 4) is 0 Å². The second-order valence-electron chi connectivity index (χ2n) is 8.65. The third kappa shape index (κ3) is 3.31. The Hall–Kier alpha value is 0. The summed E-state index contributed by atoms with van der Waals surface area (Å²) in [5.41, 5.74) is 2.01. The fraction of sp³-hybridized carbons (Fsp3) is 1.00. The summed E-state index contributed by atoms with van der Waals surface area (Å²) in [5.74, 6) is 2.19. The average Bonchev–Trinajstić information content (AvgIpc) is 2.78. The van der Waals surface area contributed by atoms with Crippen molar-refractivity contribution in [3.63, 3.8) is 0 Å². The van der Waals surface area contributed by atoms with Gasteiger partial charge in [-0.3, -0.25) is 0 Å². The molecule has 0 radical (unpaired) electrons. The highest BCUT2D eigenvalue weighted by molar-refractivity contribution is 5.11. The van der Waals surface area contributed by atoms with Crippen LogP contribution in [0.3, 0.4) is 0 Å². The van der Waals surface area contributed by atoms with E-state index in [4.69, 9.17) is 0 Å². The molecule has 0 amide bonds. The molecule has 4 saturated carbocycles. The minimum Gasteiger partial charge on any atom is -0.0683 e. The van der Waals surface area contributed by atoms with E-state index in [-0.39, 0.29) is 0 Å². The lowest BCUT2D eigenvalue weighted by atomic mass is 9.37. The Morgan fingerprint density at radius 1 is 0.778 bits per heavy atom. The van der Waals surface area contributed by atoms with Crippen LogP contribution >= 0.6 is 0 Å². The van der Waals surface area contributed by atoms with Gasteiger partial charge in [-0.1, -0.05) is 55.4 Å². The molecule has 2 bridgehead atoms. The molecule has 0 spiro atoms. The molecule has 4 aliphatic carbocycles. The molecular formula is C18H36. The average molecular weight is 252 g/mol. The van der Waals surface area contributed by atoms with Crippen molar-refractivity contribution in [1.82, 2.24) is 0 Å². The number of hydrogen-bond acceptors (Lipinski definition) is 0. The van der Waals surface area contributed by atoms with Gasteiger partial charge >= 0.3 is 0 Å². The summed E-state index contributed by atoms with van der Waals surface area (Å²) in [6.07, 6.45) is 7.57. The molecule has 108 valence electrons. The minimum absolute atomic E-state index is 0.599. The summed E-state index contributed by atoms with van der Waals surface area (Å²) in [4.78, 5) is 0. The van der Waals surface area contributed by atoms with E-state index in [1.54, 1.807) is 0 Å². The highest BCUT2D eigenvalue weighted by Gasteiger charge is 2.61. The van der Waals surface area contributed by atoms with E-state index >= 15 is 0 Å². The van der Waals surface area contributed by atoms with Gasteiger partial charge in [-0.25, -0.2) is 0 Å². The molecule has 4 rings (SSSR count). The normalized spacial score (nSPS) is 33.0. The predicted octanol–water partition coefficient (Wildman–Crippen LogP) is 6.30. The quantitative estimate of drug-likeness (QED) is 0.474. The van der Waals surface area contributed by atoms with Gasteiger partial charge in [0.15, 0.2) is 0 Å². The highest BCUT2D eigenvalue weighted by atomic mass is 14.7. The second-order valence-corrected chi connectivity index (χ2v) is 8.65. The van der Waals surface area contributed by atoms with Crippen LogP contribution in [0.1, 0.15) is 87.5 Å². The summed E-state index contributed by atoms with van der Waals surface area (Å²) < 4.78 is 0. The number of hydrogen-bond donors (Lipinski definition) is 0. The van der Waals surface area contributed by atoms with Crippen molar-refractivity contribution in [1.29, 1.82) is 0 Å². The molecule has 0 N–H and O–H groups in total. The van der Waals surface area contributed by atoms with E-state index in [1.165, 1.54) is 32.1 Å². The standard InChI is InChI=1S/C9H16.C7H14.C2H6/c1-8(2,3)9-4-7(5-9)6-9;1-7(2,3)6-4-5-6;1-2/h7H,4-6H2,1-3H3;6H,4-5H2,1-3H3;1-2H3. The second kappa shape index (κ2) is 5.17. The van der Waals surface area contributed by atoms with Gasteiger partial charge in [0.25, 0.3) is 0 Å². The third-order valence-electron chi connectivity index (χ3n) is 5.43. The molecule has 18 heavy (non-hydrogen) atoms. The first-order chi connectivity index (χ1) is 8.14. The van der Waals surface area contributed by atoms with E-state index < -0.39 is 0 Å². The van der Waals surface area contributed by atoms with Crippen LogP contribution in [-0.4, -0.2) is 0 Å². The van der Waals surface area contributed by atoms with Crippen molar-refractivity contribution in [3.05, 3.63) is 0 Å². The third-order valence-corrected chi connectivity index (χ3v) is 5.43. The summed E-state index contributed by atoms with van der Waals surface area (Å²) in [6.45, 7) is 18.1. The molecule has 0 aromatic carbocycles. The molecule has 4 aliphatic rings. The maximum Gasteiger partial charge on any atom is -0.0241 e. The SMILES string of the molecule is CC.CC(C)(C)C12CC(C1)C2.CC(C)(C)C1CC1. The molecule has 0 aromatic rings. The van der Waals surface area contributed by atoms with Gasteiger partial charge in [0.2, 0.25) is 0 Å². The minimum atomic E-state index is 0.599. The van der Waals surface area contributed by atoms with Crippen molar-refractivity contribution in [2.75, 3.05) is 0 Å². The van der Waals surface area contributed by atoms with Gasteiger partial charge in [0, 0.05) is 0 Å². The lowest BCUT2D eigenvalue weighted by Crippen LogP contribution is -2.58.